The summed E-state index contributed by atoms with van der Waals surface area (Å²) in [4.78, 5) is 4.44. The molecule has 3 rings (SSSR count). The quantitative estimate of drug-likeness (QED) is 0.918. The molecule has 1 heterocycles. The first-order chi connectivity index (χ1) is 9.90. The van der Waals surface area contributed by atoms with E-state index in [0.29, 0.717) is 28.5 Å². The molecule has 6 nitrogen and oxygen atoms in total. The molecule has 0 aromatic carbocycles. The first-order valence-corrected chi connectivity index (χ1v) is 9.62. The Morgan fingerprint density at radius 2 is 1.86 bits per heavy atom. The molecule has 2 fully saturated rings. The Kier molecular flexibility index (Phi) is 3.28. The van der Waals surface area contributed by atoms with Crippen LogP contribution in [0.2, 0.25) is 0 Å². The predicted octanol–water partition coefficient (Wildman–Crippen LogP) is 2.54. The largest absolute Gasteiger partial charge is 0.339 e. The van der Waals surface area contributed by atoms with Crippen LogP contribution in [0, 0.1) is 10.8 Å². The van der Waals surface area contributed by atoms with E-state index in [0.717, 1.165) is 19.1 Å². The van der Waals surface area contributed by atoms with Crippen molar-refractivity contribution in [3.63, 3.8) is 0 Å². The summed E-state index contributed by atoms with van der Waals surface area (Å²) in [6, 6.07) is 0. The van der Waals surface area contributed by atoms with Gasteiger partial charge in [-0.25, -0.2) is 13.1 Å². The molecule has 1 spiro atoms. The van der Waals surface area contributed by atoms with Gasteiger partial charge in [-0.05, 0) is 50.4 Å². The maximum atomic E-state index is 11.4. The van der Waals surface area contributed by atoms with E-state index in [1.807, 2.05) is 0 Å². The molecule has 1 aromatic heterocycles. The Hall–Kier alpha value is -0.950. The van der Waals surface area contributed by atoms with E-state index in [2.05, 4.69) is 28.7 Å². The van der Waals surface area contributed by atoms with Crippen LogP contribution in [0.1, 0.15) is 71.0 Å². The van der Waals surface area contributed by atoms with Gasteiger partial charge >= 0.3 is 0 Å². The number of aromatic nitrogens is 2. The minimum absolute atomic E-state index is 0.325. The molecule has 0 unspecified atom stereocenters. The fourth-order valence-electron chi connectivity index (χ4n) is 4.59. The smallest absolute Gasteiger partial charge is 0.229 e. The molecule has 2 aliphatic carbocycles. The van der Waals surface area contributed by atoms with Crippen molar-refractivity contribution in [2.75, 3.05) is 6.26 Å². The molecule has 22 heavy (non-hydrogen) atoms. The second kappa shape index (κ2) is 4.54. The fraction of sp³-hybridized carbons (Fsp3) is 0.867. The zero-order chi connectivity index (χ0) is 16.4. The van der Waals surface area contributed by atoms with Gasteiger partial charge in [-0.15, -0.1) is 0 Å². The Morgan fingerprint density at radius 3 is 2.36 bits per heavy atom. The van der Waals surface area contributed by atoms with Gasteiger partial charge in [0.2, 0.25) is 15.9 Å². The number of hydrogen-bond acceptors (Lipinski definition) is 5. The molecule has 0 saturated heterocycles. The van der Waals surface area contributed by atoms with E-state index in [-0.39, 0.29) is 0 Å². The van der Waals surface area contributed by atoms with Crippen LogP contribution >= 0.6 is 0 Å². The van der Waals surface area contributed by atoms with Crippen molar-refractivity contribution in [1.29, 1.82) is 0 Å². The molecule has 7 heteroatoms. The summed E-state index contributed by atoms with van der Waals surface area (Å²) in [5.41, 5.74) is 0.102. The second-order valence-electron chi connectivity index (χ2n) is 8.58. The Bertz CT molecular complexity index is 675. The van der Waals surface area contributed by atoms with E-state index < -0.39 is 15.6 Å². The average Bonchev–Trinajstić information content (AvgIpc) is 2.67. The van der Waals surface area contributed by atoms with Gasteiger partial charge in [-0.1, -0.05) is 19.0 Å². The van der Waals surface area contributed by atoms with Gasteiger partial charge in [-0.2, -0.15) is 4.98 Å². The Balaban J connectivity index is 1.66. The third-order valence-corrected chi connectivity index (χ3v) is 5.74. The van der Waals surface area contributed by atoms with Crippen LogP contribution < -0.4 is 4.72 Å². The highest BCUT2D eigenvalue weighted by molar-refractivity contribution is 7.88. The van der Waals surface area contributed by atoms with Gasteiger partial charge in [0.25, 0.3) is 0 Å². The van der Waals surface area contributed by atoms with Gasteiger partial charge in [0.05, 0.1) is 11.8 Å². The monoisotopic (exact) mass is 327 g/mol. The number of nitrogens with one attached hydrogen (secondary N) is 1. The van der Waals surface area contributed by atoms with E-state index in [4.69, 9.17) is 4.52 Å². The lowest BCUT2D eigenvalue weighted by Crippen LogP contribution is -2.50. The van der Waals surface area contributed by atoms with Crippen LogP contribution in [-0.4, -0.2) is 24.8 Å². The van der Waals surface area contributed by atoms with Gasteiger partial charge in [0.1, 0.15) is 0 Å². The third-order valence-electron chi connectivity index (χ3n) is 4.86. The SMILES string of the molecule is CC1(C)CC2(CC(c3nc(C(C)(C)NS(C)(=O)=O)no3)C2)C1. The summed E-state index contributed by atoms with van der Waals surface area (Å²) in [6.07, 6.45) is 5.90. The average molecular weight is 327 g/mol. The molecular weight excluding hydrogens is 302 g/mol. The maximum absolute atomic E-state index is 11.4. The van der Waals surface area contributed by atoms with Crippen molar-refractivity contribution in [3.05, 3.63) is 11.7 Å². The summed E-state index contributed by atoms with van der Waals surface area (Å²) >= 11 is 0. The second-order valence-corrected chi connectivity index (χ2v) is 10.3. The normalized spacial score (nSPS) is 24.0. The lowest BCUT2D eigenvalue weighted by Gasteiger charge is -2.61. The number of nitrogens with zero attached hydrogens (tertiary/aromatic N) is 2. The van der Waals surface area contributed by atoms with Crippen molar-refractivity contribution < 1.29 is 12.9 Å². The molecule has 124 valence electrons. The van der Waals surface area contributed by atoms with Gasteiger partial charge in [0, 0.05) is 5.92 Å². The standard InChI is InChI=1S/C15H25N3O3S/c1-13(2)8-15(9-13)6-10(7-15)11-16-12(17-21-11)14(3,4)18-22(5,19)20/h10,18H,6-9H2,1-5H3. The third kappa shape index (κ3) is 2.93. The number of sulfonamides is 1. The van der Waals surface area contributed by atoms with Crippen molar-refractivity contribution in [3.8, 4) is 0 Å². The van der Waals surface area contributed by atoms with Gasteiger partial charge < -0.3 is 4.52 Å². The van der Waals surface area contributed by atoms with Crippen molar-refractivity contribution in [2.45, 2.75) is 64.8 Å². The van der Waals surface area contributed by atoms with Crippen LogP contribution in [0.15, 0.2) is 4.52 Å². The topological polar surface area (TPSA) is 85.1 Å². The molecular formula is C15H25N3O3S. The van der Waals surface area contributed by atoms with E-state index in [1.54, 1.807) is 13.8 Å². The Labute approximate surface area is 132 Å². The number of rotatable bonds is 4. The minimum atomic E-state index is -3.33. The van der Waals surface area contributed by atoms with E-state index >= 15 is 0 Å². The zero-order valence-electron chi connectivity index (χ0n) is 13.9. The van der Waals surface area contributed by atoms with Gasteiger partial charge in [0.15, 0.2) is 5.82 Å². The maximum Gasteiger partial charge on any atom is 0.229 e. The summed E-state index contributed by atoms with van der Waals surface area (Å²) in [6.45, 7) is 8.10. The minimum Gasteiger partial charge on any atom is -0.339 e. The summed E-state index contributed by atoms with van der Waals surface area (Å²) in [5, 5.41) is 3.98. The highest BCUT2D eigenvalue weighted by atomic mass is 32.2. The molecule has 0 bridgehead atoms. The van der Waals surface area contributed by atoms with E-state index in [9.17, 15) is 8.42 Å². The number of hydrogen-bond donors (Lipinski definition) is 1. The highest BCUT2D eigenvalue weighted by Crippen LogP contribution is 2.67. The predicted molar refractivity (Wildman–Crippen MR) is 82.7 cm³/mol. The summed E-state index contributed by atoms with van der Waals surface area (Å²) in [5.74, 6) is 1.36. The molecule has 0 atom stereocenters. The van der Waals surface area contributed by atoms with Crippen LogP contribution in [0.25, 0.3) is 0 Å². The van der Waals surface area contributed by atoms with Crippen LogP contribution in [-0.2, 0) is 15.6 Å². The lowest BCUT2D eigenvalue weighted by atomic mass is 9.44. The lowest BCUT2D eigenvalue weighted by molar-refractivity contribution is -0.0938. The first kappa shape index (κ1) is 15.9. The van der Waals surface area contributed by atoms with Crippen LogP contribution in [0.3, 0.4) is 0 Å². The molecule has 1 N–H and O–H groups in total. The van der Waals surface area contributed by atoms with Crippen LogP contribution in [0.5, 0.6) is 0 Å². The molecule has 0 aliphatic heterocycles. The van der Waals surface area contributed by atoms with E-state index in [1.165, 1.54) is 12.8 Å². The first-order valence-electron chi connectivity index (χ1n) is 7.73. The molecule has 0 amide bonds. The molecule has 2 aliphatic rings. The zero-order valence-corrected chi connectivity index (χ0v) is 14.7. The van der Waals surface area contributed by atoms with Crippen molar-refractivity contribution >= 4 is 10.0 Å². The van der Waals surface area contributed by atoms with Crippen LogP contribution in [0.4, 0.5) is 0 Å². The molecule has 0 radical (unpaired) electrons. The molecule has 2 saturated carbocycles. The van der Waals surface area contributed by atoms with Crippen molar-refractivity contribution in [1.82, 2.24) is 14.9 Å². The highest BCUT2D eigenvalue weighted by Gasteiger charge is 2.57. The Morgan fingerprint density at radius 1 is 1.27 bits per heavy atom. The fourth-order valence-corrected chi connectivity index (χ4v) is 5.61. The van der Waals surface area contributed by atoms with Gasteiger partial charge in [-0.3, -0.25) is 0 Å². The summed E-state index contributed by atoms with van der Waals surface area (Å²) < 4.78 is 30.8. The molecule has 1 aromatic rings. The summed E-state index contributed by atoms with van der Waals surface area (Å²) in [7, 11) is -3.33. The van der Waals surface area contributed by atoms with Crippen molar-refractivity contribution in [2.24, 2.45) is 10.8 Å².